The van der Waals surface area contributed by atoms with Crippen molar-refractivity contribution in [1.29, 1.82) is 0 Å². The van der Waals surface area contributed by atoms with Gasteiger partial charge in [-0.25, -0.2) is 14.5 Å². The highest BCUT2D eigenvalue weighted by atomic mass is 16.5. The Morgan fingerprint density at radius 1 is 1.07 bits per heavy atom. The van der Waals surface area contributed by atoms with Gasteiger partial charge < -0.3 is 26.0 Å². The lowest BCUT2D eigenvalue weighted by Crippen LogP contribution is -2.54. The number of fused-ring (bicyclic) bond motifs is 1. The number of nitrogens with zero attached hydrogens (tertiary/aromatic N) is 7. The second-order valence-electron chi connectivity index (χ2n) is 10.2. The Balaban J connectivity index is 1.21. The number of rotatable bonds is 10. The average Bonchev–Trinajstić information content (AvgIpc) is 3.36. The van der Waals surface area contributed by atoms with E-state index in [-0.39, 0.29) is 17.7 Å². The zero-order valence-electron chi connectivity index (χ0n) is 23.2. The van der Waals surface area contributed by atoms with Crippen molar-refractivity contribution in [2.24, 2.45) is 5.73 Å². The monoisotopic (exact) mass is 543 g/mol. The minimum Gasteiger partial charge on any atom is -0.462 e. The van der Waals surface area contributed by atoms with E-state index in [1.54, 1.807) is 10.7 Å². The Morgan fingerprint density at radius 2 is 1.85 bits per heavy atom. The number of benzene rings is 1. The number of amides is 1. The molecule has 1 aliphatic rings. The van der Waals surface area contributed by atoms with E-state index in [9.17, 15) is 4.79 Å². The molecule has 1 atom stereocenters. The molecule has 11 nitrogen and oxygen atoms in total. The molecule has 11 heteroatoms. The van der Waals surface area contributed by atoms with Crippen LogP contribution in [0, 0.1) is 6.92 Å². The largest absolute Gasteiger partial charge is 0.462 e. The zero-order valence-corrected chi connectivity index (χ0v) is 23.2. The van der Waals surface area contributed by atoms with Crippen LogP contribution < -0.4 is 21.1 Å². The van der Waals surface area contributed by atoms with Crippen LogP contribution in [0.5, 0.6) is 6.01 Å². The summed E-state index contributed by atoms with van der Waals surface area (Å²) in [4.78, 5) is 30.5. The fourth-order valence-electron chi connectivity index (χ4n) is 5.01. The highest BCUT2D eigenvalue weighted by Gasteiger charge is 2.26. The first-order chi connectivity index (χ1) is 19.4. The van der Waals surface area contributed by atoms with E-state index in [1.807, 2.05) is 41.4 Å². The summed E-state index contributed by atoms with van der Waals surface area (Å²) >= 11 is 0. The highest BCUT2D eigenvalue weighted by Crippen LogP contribution is 2.22. The Bertz CT molecular complexity index is 1450. The molecule has 0 spiro atoms. The molecule has 1 fully saturated rings. The molecule has 1 amide bonds. The van der Waals surface area contributed by atoms with Gasteiger partial charge in [0, 0.05) is 38.8 Å². The molecule has 4 N–H and O–H groups in total. The first-order valence-electron chi connectivity index (χ1n) is 13.8. The molecule has 4 heterocycles. The molecule has 1 aliphatic heterocycles. The molecular weight excluding hydrogens is 506 g/mol. The number of aromatic nitrogens is 5. The third-order valence-corrected chi connectivity index (χ3v) is 7.17. The number of pyridine rings is 1. The third kappa shape index (κ3) is 6.15. The fraction of sp³-hybridized carbons (Fsp3) is 0.414. The minimum absolute atomic E-state index is 0.0000619. The van der Waals surface area contributed by atoms with E-state index in [4.69, 9.17) is 21.2 Å². The second kappa shape index (κ2) is 12.3. The Kier molecular flexibility index (Phi) is 8.40. The number of hydrogen-bond acceptors (Lipinski definition) is 9. The molecule has 0 radical (unpaired) electrons. The number of aryl methyl sites for hydroxylation is 1. The standard InChI is InChI=1S/C29H37N9O2/c1-3-4-14-40-29-34-25(31)27-33-19-23(38(27)35-29)16-22-15-20(2)26(32-18-22)36-10-12-37(13-11-36)28(39)24(30)17-21-8-6-5-7-9-21/h5-9,15,18-19,24H,3-4,10-14,16-17,30H2,1-2H3,(H2,31,34,35). The van der Waals surface area contributed by atoms with Crippen LogP contribution in [0.25, 0.3) is 5.65 Å². The van der Waals surface area contributed by atoms with Gasteiger partial charge in [0.25, 0.3) is 0 Å². The molecule has 0 saturated carbocycles. The van der Waals surface area contributed by atoms with Crippen LogP contribution in [0.15, 0.2) is 48.8 Å². The van der Waals surface area contributed by atoms with Gasteiger partial charge >= 0.3 is 6.01 Å². The topological polar surface area (TPSA) is 141 Å². The number of nitrogen functional groups attached to an aromatic ring is 1. The molecular formula is C29H37N9O2. The number of nitrogens with two attached hydrogens (primary N) is 2. The first kappa shape index (κ1) is 27.3. The SMILES string of the molecule is CCCCOc1nc(N)c2ncc(Cc3cnc(N4CCN(C(=O)C(N)Cc5ccccc5)CC4)c(C)c3)n2n1. The molecule has 5 rings (SSSR count). The Labute approximate surface area is 234 Å². The minimum atomic E-state index is -0.535. The van der Waals surface area contributed by atoms with Crippen LogP contribution in [0.2, 0.25) is 0 Å². The summed E-state index contributed by atoms with van der Waals surface area (Å²) < 4.78 is 7.37. The fourth-order valence-corrected chi connectivity index (χ4v) is 5.01. The van der Waals surface area contributed by atoms with Crippen molar-refractivity contribution in [2.45, 2.75) is 45.6 Å². The summed E-state index contributed by atoms with van der Waals surface area (Å²) in [6.45, 7) is 7.36. The molecule has 0 aliphatic carbocycles. The van der Waals surface area contributed by atoms with Gasteiger partial charge in [-0.1, -0.05) is 49.7 Å². The molecule has 40 heavy (non-hydrogen) atoms. The van der Waals surface area contributed by atoms with Gasteiger partial charge in [0.15, 0.2) is 11.5 Å². The number of carbonyl (C=O) groups is 1. The van der Waals surface area contributed by atoms with Crippen molar-refractivity contribution >= 4 is 23.2 Å². The van der Waals surface area contributed by atoms with Crippen molar-refractivity contribution in [3.63, 3.8) is 0 Å². The van der Waals surface area contributed by atoms with Gasteiger partial charge in [0.2, 0.25) is 5.91 Å². The number of ether oxygens (including phenoxy) is 1. The van der Waals surface area contributed by atoms with Crippen LogP contribution in [-0.4, -0.2) is 74.2 Å². The molecule has 0 bridgehead atoms. The summed E-state index contributed by atoms with van der Waals surface area (Å²) in [5.74, 6) is 1.22. The van der Waals surface area contributed by atoms with Crippen molar-refractivity contribution in [3.05, 3.63) is 71.2 Å². The Hall–Kier alpha value is -4.25. The first-order valence-corrected chi connectivity index (χ1v) is 13.8. The van der Waals surface area contributed by atoms with Crippen molar-refractivity contribution < 1.29 is 9.53 Å². The normalized spacial score (nSPS) is 14.5. The predicted octanol–water partition coefficient (Wildman–Crippen LogP) is 2.40. The summed E-state index contributed by atoms with van der Waals surface area (Å²) in [6, 6.07) is 11.8. The molecule has 210 valence electrons. The number of imidazole rings is 1. The van der Waals surface area contributed by atoms with Crippen molar-refractivity contribution in [1.82, 2.24) is 29.5 Å². The van der Waals surface area contributed by atoms with Gasteiger partial charge in [-0.15, -0.1) is 5.10 Å². The smallest absolute Gasteiger partial charge is 0.336 e. The molecule has 3 aromatic heterocycles. The number of carbonyl (C=O) groups excluding carboxylic acids is 1. The number of hydrogen-bond donors (Lipinski definition) is 2. The predicted molar refractivity (Wildman–Crippen MR) is 154 cm³/mol. The lowest BCUT2D eigenvalue weighted by Gasteiger charge is -2.37. The van der Waals surface area contributed by atoms with Crippen LogP contribution in [0.1, 0.15) is 42.1 Å². The van der Waals surface area contributed by atoms with E-state index in [1.165, 1.54) is 0 Å². The van der Waals surface area contributed by atoms with E-state index in [0.29, 0.717) is 51.3 Å². The van der Waals surface area contributed by atoms with Gasteiger partial charge in [-0.05, 0) is 36.5 Å². The average molecular weight is 544 g/mol. The molecule has 1 aromatic carbocycles. The number of anilines is 2. The van der Waals surface area contributed by atoms with Gasteiger partial charge in [-0.2, -0.15) is 4.98 Å². The number of piperazine rings is 1. The van der Waals surface area contributed by atoms with Crippen LogP contribution >= 0.6 is 0 Å². The number of unbranched alkanes of at least 4 members (excludes halogenated alkanes) is 1. The van der Waals surface area contributed by atoms with Crippen LogP contribution in [0.4, 0.5) is 11.6 Å². The lowest BCUT2D eigenvalue weighted by molar-refractivity contribution is -0.132. The molecule has 1 unspecified atom stereocenters. The zero-order chi connectivity index (χ0) is 28.1. The second-order valence-corrected chi connectivity index (χ2v) is 10.2. The van der Waals surface area contributed by atoms with Gasteiger partial charge in [0.05, 0.1) is 24.5 Å². The molecule has 1 saturated heterocycles. The summed E-state index contributed by atoms with van der Waals surface area (Å²) in [5.41, 5.74) is 16.9. The van der Waals surface area contributed by atoms with E-state index in [2.05, 4.69) is 39.9 Å². The van der Waals surface area contributed by atoms with Crippen molar-refractivity contribution in [3.8, 4) is 6.01 Å². The van der Waals surface area contributed by atoms with E-state index >= 15 is 0 Å². The van der Waals surface area contributed by atoms with E-state index in [0.717, 1.165) is 41.0 Å². The van der Waals surface area contributed by atoms with Crippen LogP contribution in [-0.2, 0) is 17.6 Å². The summed E-state index contributed by atoms with van der Waals surface area (Å²) in [6.07, 6.45) is 6.72. The quantitative estimate of drug-likeness (QED) is 0.288. The third-order valence-electron chi connectivity index (χ3n) is 7.17. The maximum atomic E-state index is 12.9. The van der Waals surface area contributed by atoms with Crippen molar-refractivity contribution in [2.75, 3.05) is 43.4 Å². The Morgan fingerprint density at radius 3 is 2.58 bits per heavy atom. The summed E-state index contributed by atoms with van der Waals surface area (Å²) in [5, 5.41) is 4.51. The van der Waals surface area contributed by atoms with Gasteiger partial charge in [0.1, 0.15) is 5.82 Å². The maximum Gasteiger partial charge on any atom is 0.336 e. The summed E-state index contributed by atoms with van der Waals surface area (Å²) in [7, 11) is 0. The highest BCUT2D eigenvalue weighted by molar-refractivity contribution is 5.82. The van der Waals surface area contributed by atoms with E-state index < -0.39 is 6.04 Å². The lowest BCUT2D eigenvalue weighted by atomic mass is 10.1. The maximum absolute atomic E-state index is 12.9. The van der Waals surface area contributed by atoms with Gasteiger partial charge in [-0.3, -0.25) is 4.79 Å². The van der Waals surface area contributed by atoms with Crippen LogP contribution in [0.3, 0.4) is 0 Å². The molecule has 4 aromatic rings.